The number of nitrogens with one attached hydrogen (secondary N) is 2. The quantitative estimate of drug-likeness (QED) is 0.871. The summed E-state index contributed by atoms with van der Waals surface area (Å²) < 4.78 is 5.19. The van der Waals surface area contributed by atoms with Gasteiger partial charge in [0.15, 0.2) is 6.61 Å². The lowest BCUT2D eigenvalue weighted by Gasteiger charge is -2.35. The van der Waals surface area contributed by atoms with Crippen molar-refractivity contribution in [1.82, 2.24) is 5.32 Å². The molecule has 1 amide bonds. The summed E-state index contributed by atoms with van der Waals surface area (Å²) in [4.78, 5) is 12.6. The van der Waals surface area contributed by atoms with Crippen molar-refractivity contribution in [2.75, 3.05) is 25.0 Å². The Balaban J connectivity index is 2.00. The molecule has 1 fully saturated rings. The molecule has 0 unspecified atom stereocenters. The van der Waals surface area contributed by atoms with Crippen LogP contribution in [0.25, 0.3) is 0 Å². The van der Waals surface area contributed by atoms with Gasteiger partial charge in [0.05, 0.1) is 5.41 Å². The standard InChI is InChI=1S/C16H21N3O2/c1-2-16(7-10-18-11-8-16)15(20)19-13-3-5-14(6-4-13)21-12-9-17/h3-6,18H,2,7-8,10-12H2,1H3,(H,19,20). The fraction of sp³-hybridized carbons (Fsp3) is 0.500. The number of nitriles is 1. The van der Waals surface area contributed by atoms with Gasteiger partial charge in [0.1, 0.15) is 11.8 Å². The van der Waals surface area contributed by atoms with Crippen LogP contribution in [0, 0.1) is 16.7 Å². The molecule has 112 valence electrons. The first kappa shape index (κ1) is 15.3. The normalized spacial score (nSPS) is 16.8. The highest BCUT2D eigenvalue weighted by molar-refractivity contribution is 5.95. The minimum Gasteiger partial charge on any atom is -0.479 e. The van der Waals surface area contributed by atoms with Crippen LogP contribution in [0.3, 0.4) is 0 Å². The van der Waals surface area contributed by atoms with Gasteiger partial charge in [-0.25, -0.2) is 0 Å². The molecule has 5 heteroatoms. The molecule has 21 heavy (non-hydrogen) atoms. The van der Waals surface area contributed by atoms with E-state index in [0.717, 1.165) is 38.0 Å². The fourth-order valence-electron chi connectivity index (χ4n) is 2.66. The zero-order valence-corrected chi connectivity index (χ0v) is 12.3. The largest absolute Gasteiger partial charge is 0.479 e. The van der Waals surface area contributed by atoms with Crippen molar-refractivity contribution in [2.24, 2.45) is 5.41 Å². The summed E-state index contributed by atoms with van der Waals surface area (Å²) >= 11 is 0. The third-order valence-electron chi connectivity index (χ3n) is 4.13. The molecule has 2 N–H and O–H groups in total. The zero-order chi connectivity index (χ0) is 15.1. The number of hydrogen-bond acceptors (Lipinski definition) is 4. The average molecular weight is 287 g/mol. The van der Waals surface area contributed by atoms with Gasteiger partial charge in [-0.05, 0) is 56.6 Å². The molecule has 1 aromatic carbocycles. The highest BCUT2D eigenvalue weighted by Gasteiger charge is 2.37. The predicted molar refractivity (Wildman–Crippen MR) is 81.0 cm³/mol. The number of ether oxygens (including phenoxy) is 1. The second-order valence-electron chi connectivity index (χ2n) is 5.31. The van der Waals surface area contributed by atoms with Crippen LogP contribution >= 0.6 is 0 Å². The maximum atomic E-state index is 12.6. The molecule has 1 aliphatic rings. The molecule has 0 atom stereocenters. The average Bonchev–Trinajstić information content (AvgIpc) is 2.54. The molecular weight excluding hydrogens is 266 g/mol. The van der Waals surface area contributed by atoms with Crippen molar-refractivity contribution in [3.63, 3.8) is 0 Å². The van der Waals surface area contributed by atoms with Gasteiger partial charge in [0, 0.05) is 5.69 Å². The van der Waals surface area contributed by atoms with E-state index >= 15 is 0 Å². The van der Waals surface area contributed by atoms with Crippen LogP contribution in [-0.2, 0) is 4.79 Å². The summed E-state index contributed by atoms with van der Waals surface area (Å²) in [5, 5.41) is 14.8. The van der Waals surface area contributed by atoms with E-state index in [2.05, 4.69) is 17.6 Å². The number of benzene rings is 1. The Hall–Kier alpha value is -2.06. The van der Waals surface area contributed by atoms with E-state index in [1.807, 2.05) is 6.07 Å². The molecule has 2 rings (SSSR count). The first-order chi connectivity index (χ1) is 10.2. The molecule has 5 nitrogen and oxygen atoms in total. The lowest BCUT2D eigenvalue weighted by atomic mass is 9.76. The lowest BCUT2D eigenvalue weighted by Crippen LogP contribution is -2.44. The molecule has 0 aromatic heterocycles. The zero-order valence-electron chi connectivity index (χ0n) is 12.3. The number of hydrogen-bond donors (Lipinski definition) is 2. The maximum Gasteiger partial charge on any atom is 0.230 e. The number of piperidine rings is 1. The van der Waals surface area contributed by atoms with Gasteiger partial charge in [-0.2, -0.15) is 5.26 Å². The van der Waals surface area contributed by atoms with Crippen molar-refractivity contribution in [1.29, 1.82) is 5.26 Å². The highest BCUT2D eigenvalue weighted by Crippen LogP contribution is 2.34. The molecule has 0 radical (unpaired) electrons. The molecule has 0 bridgehead atoms. The highest BCUT2D eigenvalue weighted by atomic mass is 16.5. The SMILES string of the molecule is CCC1(C(=O)Nc2ccc(OCC#N)cc2)CCNCC1. The van der Waals surface area contributed by atoms with Crippen LogP contribution in [0.4, 0.5) is 5.69 Å². The van der Waals surface area contributed by atoms with Crippen LogP contribution in [0.2, 0.25) is 0 Å². The van der Waals surface area contributed by atoms with E-state index in [1.54, 1.807) is 24.3 Å². The fourth-order valence-corrected chi connectivity index (χ4v) is 2.66. The summed E-state index contributed by atoms with van der Waals surface area (Å²) in [6, 6.07) is 9.04. The first-order valence-corrected chi connectivity index (χ1v) is 7.32. The molecule has 0 saturated carbocycles. The van der Waals surface area contributed by atoms with Gasteiger partial charge in [-0.15, -0.1) is 0 Å². The maximum absolute atomic E-state index is 12.6. The van der Waals surface area contributed by atoms with Crippen LogP contribution in [0.1, 0.15) is 26.2 Å². The Morgan fingerprint density at radius 3 is 2.62 bits per heavy atom. The van der Waals surface area contributed by atoms with Gasteiger partial charge in [-0.3, -0.25) is 4.79 Å². The predicted octanol–water partition coefficient (Wildman–Crippen LogP) is 2.31. The van der Waals surface area contributed by atoms with Crippen molar-refractivity contribution in [3.05, 3.63) is 24.3 Å². The Labute approximate surface area is 125 Å². The third-order valence-corrected chi connectivity index (χ3v) is 4.13. The molecule has 0 aliphatic carbocycles. The number of carbonyl (C=O) groups excluding carboxylic acids is 1. The van der Waals surface area contributed by atoms with Crippen molar-refractivity contribution in [3.8, 4) is 11.8 Å². The monoisotopic (exact) mass is 287 g/mol. The lowest BCUT2D eigenvalue weighted by molar-refractivity contribution is -0.127. The Bertz CT molecular complexity index is 513. The minimum atomic E-state index is -0.263. The van der Waals surface area contributed by atoms with E-state index in [0.29, 0.717) is 5.75 Å². The van der Waals surface area contributed by atoms with Gasteiger partial charge in [-0.1, -0.05) is 6.92 Å². The molecule has 0 spiro atoms. The number of nitrogens with zero attached hydrogens (tertiary/aromatic N) is 1. The van der Waals surface area contributed by atoms with Crippen molar-refractivity contribution in [2.45, 2.75) is 26.2 Å². The number of carbonyl (C=O) groups is 1. The Kier molecular flexibility index (Phi) is 5.18. The number of amides is 1. The van der Waals surface area contributed by atoms with Gasteiger partial charge >= 0.3 is 0 Å². The van der Waals surface area contributed by atoms with Crippen LogP contribution in [-0.4, -0.2) is 25.6 Å². The van der Waals surface area contributed by atoms with E-state index in [1.165, 1.54) is 0 Å². The summed E-state index contributed by atoms with van der Waals surface area (Å²) in [6.45, 7) is 3.88. The Morgan fingerprint density at radius 1 is 1.38 bits per heavy atom. The molecular formula is C16H21N3O2. The first-order valence-electron chi connectivity index (χ1n) is 7.32. The smallest absolute Gasteiger partial charge is 0.230 e. The van der Waals surface area contributed by atoms with E-state index in [9.17, 15) is 4.79 Å². The number of rotatable bonds is 5. The summed E-state index contributed by atoms with van der Waals surface area (Å²) in [6.07, 6.45) is 2.60. The molecule has 1 saturated heterocycles. The van der Waals surface area contributed by atoms with Crippen molar-refractivity contribution >= 4 is 11.6 Å². The van der Waals surface area contributed by atoms with E-state index in [-0.39, 0.29) is 17.9 Å². The molecule has 1 heterocycles. The van der Waals surface area contributed by atoms with Crippen LogP contribution in [0.15, 0.2) is 24.3 Å². The third kappa shape index (κ3) is 3.73. The van der Waals surface area contributed by atoms with Crippen molar-refractivity contribution < 1.29 is 9.53 Å². The molecule has 1 aromatic rings. The van der Waals surface area contributed by atoms with Crippen LogP contribution in [0.5, 0.6) is 5.75 Å². The van der Waals surface area contributed by atoms with Gasteiger partial charge < -0.3 is 15.4 Å². The number of anilines is 1. The summed E-state index contributed by atoms with van der Waals surface area (Å²) in [7, 11) is 0. The van der Waals surface area contributed by atoms with Gasteiger partial charge in [0.2, 0.25) is 5.91 Å². The van der Waals surface area contributed by atoms with E-state index < -0.39 is 0 Å². The Morgan fingerprint density at radius 2 is 2.05 bits per heavy atom. The second-order valence-corrected chi connectivity index (χ2v) is 5.31. The van der Waals surface area contributed by atoms with E-state index in [4.69, 9.17) is 10.00 Å². The van der Waals surface area contributed by atoms with Gasteiger partial charge in [0.25, 0.3) is 0 Å². The topological polar surface area (TPSA) is 74.1 Å². The molecule has 1 aliphatic heterocycles. The summed E-state index contributed by atoms with van der Waals surface area (Å²) in [5.74, 6) is 0.721. The summed E-state index contributed by atoms with van der Waals surface area (Å²) in [5.41, 5.74) is 0.497. The van der Waals surface area contributed by atoms with Crippen LogP contribution < -0.4 is 15.4 Å². The second kappa shape index (κ2) is 7.09. The minimum absolute atomic E-state index is 0.0254.